The van der Waals surface area contributed by atoms with Crippen LogP contribution in [0.2, 0.25) is 0 Å². The van der Waals surface area contributed by atoms with Crippen molar-refractivity contribution in [1.82, 2.24) is 0 Å². The zero-order valence-electron chi connectivity index (χ0n) is 7.40. The zero-order valence-corrected chi connectivity index (χ0v) is 7.40. The van der Waals surface area contributed by atoms with E-state index in [1.165, 1.54) is 13.2 Å². The lowest BCUT2D eigenvalue weighted by atomic mass is 10.1. The average molecular weight is 183 g/mol. The van der Waals surface area contributed by atoms with Crippen LogP contribution in [0.25, 0.3) is 0 Å². The highest BCUT2D eigenvalue weighted by atomic mass is 16.5. The molecule has 0 spiro atoms. The van der Waals surface area contributed by atoms with Gasteiger partial charge in [-0.2, -0.15) is 0 Å². The summed E-state index contributed by atoms with van der Waals surface area (Å²) in [5, 5.41) is 18.1. The van der Waals surface area contributed by atoms with Gasteiger partial charge in [-0.3, -0.25) is 0 Å². The molecule has 0 heterocycles. The van der Waals surface area contributed by atoms with Gasteiger partial charge in [0.1, 0.15) is 0 Å². The lowest BCUT2D eigenvalue weighted by Gasteiger charge is -2.10. The van der Waals surface area contributed by atoms with E-state index in [-0.39, 0.29) is 12.4 Å². The summed E-state index contributed by atoms with van der Waals surface area (Å²) in [5.74, 6) is 0.429. The maximum absolute atomic E-state index is 9.26. The molecule has 1 rings (SSSR count). The van der Waals surface area contributed by atoms with Crippen molar-refractivity contribution in [2.75, 3.05) is 13.7 Å². The van der Waals surface area contributed by atoms with Gasteiger partial charge in [0.05, 0.1) is 19.8 Å². The van der Waals surface area contributed by atoms with E-state index >= 15 is 0 Å². The first kappa shape index (κ1) is 9.83. The molecule has 72 valence electrons. The second-order valence-corrected chi connectivity index (χ2v) is 2.72. The molecular weight excluding hydrogens is 170 g/mol. The third kappa shape index (κ3) is 2.11. The van der Waals surface area contributed by atoms with Crippen LogP contribution in [0.4, 0.5) is 0 Å². The minimum Gasteiger partial charge on any atom is -0.504 e. The molecule has 0 bridgehead atoms. The Hall–Kier alpha value is -1.26. The highest BCUT2D eigenvalue weighted by Crippen LogP contribution is 2.27. The van der Waals surface area contributed by atoms with Gasteiger partial charge < -0.3 is 20.7 Å². The van der Waals surface area contributed by atoms with Gasteiger partial charge in [0.15, 0.2) is 11.5 Å². The van der Waals surface area contributed by atoms with Crippen molar-refractivity contribution in [3.63, 3.8) is 0 Å². The molecule has 0 aliphatic carbocycles. The highest BCUT2D eigenvalue weighted by molar-refractivity contribution is 5.42. The lowest BCUT2D eigenvalue weighted by Crippen LogP contribution is -2.14. The van der Waals surface area contributed by atoms with Crippen molar-refractivity contribution in [1.29, 1.82) is 0 Å². The summed E-state index contributed by atoms with van der Waals surface area (Å²) in [7, 11) is 1.46. The minimum atomic E-state index is -0.436. The molecule has 0 amide bonds. The van der Waals surface area contributed by atoms with Gasteiger partial charge in [-0.05, 0) is 17.7 Å². The van der Waals surface area contributed by atoms with Crippen LogP contribution in [0.5, 0.6) is 11.5 Å². The maximum Gasteiger partial charge on any atom is 0.160 e. The summed E-state index contributed by atoms with van der Waals surface area (Å²) >= 11 is 0. The van der Waals surface area contributed by atoms with Crippen molar-refractivity contribution in [2.24, 2.45) is 5.73 Å². The summed E-state index contributed by atoms with van der Waals surface area (Å²) in [6, 6.07) is 4.31. The lowest BCUT2D eigenvalue weighted by molar-refractivity contribution is 0.267. The van der Waals surface area contributed by atoms with E-state index in [0.29, 0.717) is 5.75 Å². The topological polar surface area (TPSA) is 75.7 Å². The first-order valence-electron chi connectivity index (χ1n) is 3.92. The van der Waals surface area contributed by atoms with Gasteiger partial charge in [0.25, 0.3) is 0 Å². The molecule has 1 aromatic carbocycles. The molecule has 0 radical (unpaired) electrons. The average Bonchev–Trinajstić information content (AvgIpc) is 2.17. The number of aromatic hydroxyl groups is 1. The second-order valence-electron chi connectivity index (χ2n) is 2.72. The number of aliphatic hydroxyl groups excluding tert-OH is 1. The van der Waals surface area contributed by atoms with Crippen LogP contribution in [0.15, 0.2) is 18.2 Å². The Morgan fingerprint density at radius 1 is 1.54 bits per heavy atom. The van der Waals surface area contributed by atoms with E-state index in [2.05, 4.69) is 0 Å². The third-order valence-corrected chi connectivity index (χ3v) is 1.83. The van der Waals surface area contributed by atoms with E-state index < -0.39 is 6.04 Å². The Labute approximate surface area is 76.6 Å². The predicted octanol–water partition coefficient (Wildman–Crippen LogP) is 0.393. The molecule has 0 saturated carbocycles. The standard InChI is InChI=1S/C9H13NO3/c1-13-9-4-6(7(10)5-11)2-3-8(9)12/h2-4,7,11-12H,5,10H2,1H3/t7-/m1/s1. The van der Waals surface area contributed by atoms with E-state index in [0.717, 1.165) is 5.56 Å². The van der Waals surface area contributed by atoms with E-state index in [4.69, 9.17) is 15.6 Å². The fourth-order valence-electron chi connectivity index (χ4n) is 1.03. The Kier molecular flexibility index (Phi) is 3.11. The van der Waals surface area contributed by atoms with E-state index in [1.54, 1.807) is 12.1 Å². The van der Waals surface area contributed by atoms with Crippen molar-refractivity contribution in [3.05, 3.63) is 23.8 Å². The van der Waals surface area contributed by atoms with Gasteiger partial charge >= 0.3 is 0 Å². The predicted molar refractivity (Wildman–Crippen MR) is 48.7 cm³/mol. The number of rotatable bonds is 3. The summed E-state index contributed by atoms with van der Waals surface area (Å²) < 4.78 is 4.89. The zero-order chi connectivity index (χ0) is 9.84. The van der Waals surface area contributed by atoms with Crippen molar-refractivity contribution >= 4 is 0 Å². The van der Waals surface area contributed by atoms with E-state index in [9.17, 15) is 5.11 Å². The molecular formula is C9H13NO3. The number of phenolic OH excluding ortho intramolecular Hbond substituents is 1. The second kappa shape index (κ2) is 4.11. The number of ether oxygens (including phenoxy) is 1. The molecule has 0 saturated heterocycles. The number of methoxy groups -OCH3 is 1. The van der Waals surface area contributed by atoms with Crippen molar-refractivity contribution < 1.29 is 14.9 Å². The molecule has 0 fully saturated rings. The van der Waals surface area contributed by atoms with Crippen LogP contribution < -0.4 is 10.5 Å². The molecule has 0 aliphatic rings. The number of hydrogen-bond acceptors (Lipinski definition) is 4. The number of aliphatic hydroxyl groups is 1. The highest BCUT2D eigenvalue weighted by Gasteiger charge is 2.07. The van der Waals surface area contributed by atoms with Crippen LogP contribution in [-0.4, -0.2) is 23.9 Å². The van der Waals surface area contributed by atoms with Crippen molar-refractivity contribution in [2.45, 2.75) is 6.04 Å². The number of benzene rings is 1. The number of hydrogen-bond donors (Lipinski definition) is 3. The monoisotopic (exact) mass is 183 g/mol. The van der Waals surface area contributed by atoms with Crippen LogP contribution in [-0.2, 0) is 0 Å². The SMILES string of the molecule is COc1cc([C@H](N)CO)ccc1O. The number of nitrogens with two attached hydrogens (primary N) is 1. The molecule has 4 N–H and O–H groups in total. The normalized spacial score (nSPS) is 12.5. The van der Waals surface area contributed by atoms with Crippen LogP contribution >= 0.6 is 0 Å². The Bertz CT molecular complexity index is 288. The molecule has 0 aromatic heterocycles. The first-order chi connectivity index (χ1) is 6.19. The number of phenols is 1. The van der Waals surface area contributed by atoms with Gasteiger partial charge in [-0.15, -0.1) is 0 Å². The fourth-order valence-corrected chi connectivity index (χ4v) is 1.03. The molecule has 1 aromatic rings. The molecule has 13 heavy (non-hydrogen) atoms. The van der Waals surface area contributed by atoms with Crippen LogP contribution in [0.1, 0.15) is 11.6 Å². The smallest absolute Gasteiger partial charge is 0.160 e. The van der Waals surface area contributed by atoms with Gasteiger partial charge in [-0.25, -0.2) is 0 Å². The molecule has 1 atom stereocenters. The Balaban J connectivity index is 2.99. The summed E-state index contributed by atoms with van der Waals surface area (Å²) in [6.07, 6.45) is 0. The van der Waals surface area contributed by atoms with Crippen molar-refractivity contribution in [3.8, 4) is 11.5 Å². The molecule has 4 nitrogen and oxygen atoms in total. The first-order valence-corrected chi connectivity index (χ1v) is 3.92. The molecule has 0 aliphatic heterocycles. The van der Waals surface area contributed by atoms with Gasteiger partial charge in [0, 0.05) is 0 Å². The quantitative estimate of drug-likeness (QED) is 0.633. The minimum absolute atomic E-state index is 0.0661. The maximum atomic E-state index is 9.26. The third-order valence-electron chi connectivity index (χ3n) is 1.83. The van der Waals surface area contributed by atoms with Crippen LogP contribution in [0, 0.1) is 0 Å². The largest absolute Gasteiger partial charge is 0.504 e. The molecule has 4 heteroatoms. The Morgan fingerprint density at radius 3 is 2.77 bits per heavy atom. The van der Waals surface area contributed by atoms with Gasteiger partial charge in [-0.1, -0.05) is 6.07 Å². The summed E-state index contributed by atoms with van der Waals surface area (Å²) in [5.41, 5.74) is 6.31. The Morgan fingerprint density at radius 2 is 2.23 bits per heavy atom. The van der Waals surface area contributed by atoms with Gasteiger partial charge in [0.2, 0.25) is 0 Å². The fraction of sp³-hybridized carbons (Fsp3) is 0.333. The summed E-state index contributed by atoms with van der Waals surface area (Å²) in [6.45, 7) is -0.131. The summed E-state index contributed by atoms with van der Waals surface area (Å²) in [4.78, 5) is 0. The van der Waals surface area contributed by atoms with Crippen LogP contribution in [0.3, 0.4) is 0 Å². The van der Waals surface area contributed by atoms with E-state index in [1.807, 2.05) is 0 Å². The molecule has 0 unspecified atom stereocenters.